The molecule has 0 saturated heterocycles. The molecular weight excluding hydrogens is 350 g/mol. The second kappa shape index (κ2) is 7.94. The lowest BCUT2D eigenvalue weighted by Gasteiger charge is -2.11. The van der Waals surface area contributed by atoms with Gasteiger partial charge >= 0.3 is 0 Å². The van der Waals surface area contributed by atoms with Gasteiger partial charge in [-0.15, -0.1) is 0 Å². The SMILES string of the molecule is NC(=NCCOc1ccc2c(c1)OCO2)Nc1ccc2c(c1)OCCCO2. The third kappa shape index (κ3) is 4.28. The Hall–Kier alpha value is -3.29. The highest BCUT2D eigenvalue weighted by Crippen LogP contribution is 2.35. The molecule has 2 heterocycles. The van der Waals surface area contributed by atoms with E-state index in [1.165, 1.54) is 0 Å². The van der Waals surface area contributed by atoms with Gasteiger partial charge in [0.25, 0.3) is 0 Å². The van der Waals surface area contributed by atoms with Crippen LogP contribution in [0.15, 0.2) is 41.4 Å². The largest absolute Gasteiger partial charge is 0.492 e. The molecule has 27 heavy (non-hydrogen) atoms. The van der Waals surface area contributed by atoms with Crippen molar-refractivity contribution in [3.05, 3.63) is 36.4 Å². The predicted molar refractivity (Wildman–Crippen MR) is 100 cm³/mol. The van der Waals surface area contributed by atoms with Crippen LogP contribution >= 0.6 is 0 Å². The number of rotatable bonds is 5. The van der Waals surface area contributed by atoms with Crippen LogP contribution in [0.3, 0.4) is 0 Å². The zero-order chi connectivity index (χ0) is 18.5. The van der Waals surface area contributed by atoms with E-state index in [9.17, 15) is 0 Å². The lowest BCUT2D eigenvalue weighted by molar-refractivity contribution is 0.173. The zero-order valence-corrected chi connectivity index (χ0v) is 14.8. The van der Waals surface area contributed by atoms with E-state index in [2.05, 4.69) is 10.3 Å². The van der Waals surface area contributed by atoms with Crippen molar-refractivity contribution in [3.8, 4) is 28.7 Å². The van der Waals surface area contributed by atoms with Crippen LogP contribution < -0.4 is 34.7 Å². The van der Waals surface area contributed by atoms with E-state index in [4.69, 9.17) is 29.4 Å². The molecule has 8 heteroatoms. The molecule has 0 radical (unpaired) electrons. The zero-order valence-electron chi connectivity index (χ0n) is 14.8. The van der Waals surface area contributed by atoms with Crippen molar-refractivity contribution >= 4 is 11.6 Å². The highest BCUT2D eigenvalue weighted by Gasteiger charge is 2.13. The Morgan fingerprint density at radius 3 is 2.63 bits per heavy atom. The lowest BCUT2D eigenvalue weighted by Crippen LogP contribution is -2.23. The number of benzene rings is 2. The minimum absolute atomic E-state index is 0.241. The average Bonchev–Trinajstić information content (AvgIpc) is 3.02. The molecular formula is C19H21N3O5. The fourth-order valence-electron chi connectivity index (χ4n) is 2.72. The van der Waals surface area contributed by atoms with Crippen molar-refractivity contribution < 1.29 is 23.7 Å². The van der Waals surface area contributed by atoms with Gasteiger partial charge in [0.05, 0.1) is 19.8 Å². The molecule has 0 saturated carbocycles. The predicted octanol–water partition coefficient (Wildman–Crippen LogP) is 2.38. The fraction of sp³-hybridized carbons (Fsp3) is 0.316. The summed E-state index contributed by atoms with van der Waals surface area (Å²) in [7, 11) is 0. The fourth-order valence-corrected chi connectivity index (χ4v) is 2.72. The van der Waals surface area contributed by atoms with Gasteiger partial charge < -0.3 is 34.7 Å². The summed E-state index contributed by atoms with van der Waals surface area (Å²) in [5.41, 5.74) is 6.73. The van der Waals surface area contributed by atoms with E-state index in [-0.39, 0.29) is 6.79 Å². The van der Waals surface area contributed by atoms with Gasteiger partial charge in [-0.3, -0.25) is 0 Å². The molecule has 0 unspecified atom stereocenters. The monoisotopic (exact) mass is 371 g/mol. The first kappa shape index (κ1) is 17.1. The number of anilines is 1. The Bertz CT molecular complexity index is 840. The summed E-state index contributed by atoms with van der Waals surface area (Å²) < 4.78 is 27.5. The first-order chi connectivity index (χ1) is 13.3. The van der Waals surface area contributed by atoms with Crippen molar-refractivity contribution in [1.29, 1.82) is 0 Å². The van der Waals surface area contributed by atoms with E-state index in [1.54, 1.807) is 6.07 Å². The minimum atomic E-state index is 0.241. The van der Waals surface area contributed by atoms with Gasteiger partial charge in [0.1, 0.15) is 12.4 Å². The molecule has 0 aliphatic carbocycles. The molecule has 2 aromatic rings. The Labute approximate surface area is 156 Å². The van der Waals surface area contributed by atoms with Crippen molar-refractivity contribution in [2.24, 2.45) is 10.7 Å². The Kier molecular flexibility index (Phi) is 5.04. The summed E-state index contributed by atoms with van der Waals surface area (Å²) in [5.74, 6) is 3.86. The Balaban J connectivity index is 1.28. The third-order valence-corrected chi connectivity index (χ3v) is 4.01. The van der Waals surface area contributed by atoms with Crippen LogP contribution in [0.1, 0.15) is 6.42 Å². The summed E-state index contributed by atoms with van der Waals surface area (Å²) in [4.78, 5) is 4.27. The molecule has 2 aliphatic heterocycles. The molecule has 0 bridgehead atoms. The van der Waals surface area contributed by atoms with Gasteiger partial charge in [0.2, 0.25) is 6.79 Å². The van der Waals surface area contributed by atoms with E-state index in [1.807, 2.05) is 30.3 Å². The van der Waals surface area contributed by atoms with E-state index in [0.717, 1.165) is 23.6 Å². The highest BCUT2D eigenvalue weighted by molar-refractivity contribution is 5.92. The number of ether oxygens (including phenoxy) is 5. The van der Waals surface area contributed by atoms with Gasteiger partial charge in [-0.2, -0.15) is 0 Å². The third-order valence-electron chi connectivity index (χ3n) is 4.01. The summed E-state index contributed by atoms with van der Waals surface area (Å²) in [6.45, 7) is 2.34. The molecule has 0 aromatic heterocycles. The van der Waals surface area contributed by atoms with E-state index < -0.39 is 0 Å². The van der Waals surface area contributed by atoms with Crippen LogP contribution in [-0.4, -0.2) is 39.1 Å². The number of nitrogens with one attached hydrogen (secondary N) is 1. The molecule has 0 atom stereocenters. The van der Waals surface area contributed by atoms with Crippen LogP contribution in [0, 0.1) is 0 Å². The van der Waals surface area contributed by atoms with Crippen LogP contribution in [0.5, 0.6) is 28.7 Å². The Morgan fingerprint density at radius 1 is 0.963 bits per heavy atom. The molecule has 8 nitrogen and oxygen atoms in total. The topological polar surface area (TPSA) is 96.6 Å². The average molecular weight is 371 g/mol. The maximum Gasteiger partial charge on any atom is 0.231 e. The Morgan fingerprint density at radius 2 is 1.70 bits per heavy atom. The number of hydrogen-bond donors (Lipinski definition) is 2. The van der Waals surface area contributed by atoms with Gasteiger partial charge in [-0.1, -0.05) is 0 Å². The quantitative estimate of drug-likeness (QED) is 0.473. The van der Waals surface area contributed by atoms with Gasteiger partial charge in [-0.05, 0) is 24.3 Å². The standard InChI is InChI=1S/C19H21N3O5/c20-19(22-13-2-4-15-17(10-13)25-8-1-7-24-15)21-6-9-23-14-3-5-16-18(11-14)27-12-26-16/h2-5,10-11H,1,6-9,12H2,(H3,20,21,22). The van der Waals surface area contributed by atoms with Gasteiger partial charge in [0.15, 0.2) is 29.0 Å². The molecule has 142 valence electrons. The van der Waals surface area contributed by atoms with E-state index >= 15 is 0 Å². The number of hydrogen-bond acceptors (Lipinski definition) is 6. The number of guanidine groups is 1. The smallest absolute Gasteiger partial charge is 0.231 e. The molecule has 0 spiro atoms. The van der Waals surface area contributed by atoms with Crippen LogP contribution in [-0.2, 0) is 0 Å². The summed E-state index contributed by atoms with van der Waals surface area (Å²) in [6.07, 6.45) is 0.865. The molecule has 2 aliphatic rings. The molecule has 0 amide bonds. The molecule has 0 fully saturated rings. The normalized spacial score (nSPS) is 15.2. The van der Waals surface area contributed by atoms with E-state index in [0.29, 0.717) is 49.6 Å². The summed E-state index contributed by atoms with van der Waals surface area (Å²) >= 11 is 0. The first-order valence-electron chi connectivity index (χ1n) is 8.77. The molecule has 2 aromatic carbocycles. The second-order valence-corrected chi connectivity index (χ2v) is 5.97. The number of nitrogens with two attached hydrogens (primary N) is 1. The van der Waals surface area contributed by atoms with Crippen LogP contribution in [0.2, 0.25) is 0 Å². The van der Waals surface area contributed by atoms with Gasteiger partial charge in [0, 0.05) is 24.2 Å². The molecule has 3 N–H and O–H groups in total. The molecule has 4 rings (SSSR count). The van der Waals surface area contributed by atoms with Crippen molar-refractivity contribution in [2.45, 2.75) is 6.42 Å². The van der Waals surface area contributed by atoms with Crippen molar-refractivity contribution in [1.82, 2.24) is 0 Å². The van der Waals surface area contributed by atoms with Crippen LogP contribution in [0.25, 0.3) is 0 Å². The van der Waals surface area contributed by atoms with Crippen molar-refractivity contribution in [2.75, 3.05) is 38.5 Å². The first-order valence-corrected chi connectivity index (χ1v) is 8.77. The summed E-state index contributed by atoms with van der Waals surface area (Å²) in [5, 5.41) is 3.05. The maximum atomic E-state index is 5.94. The highest BCUT2D eigenvalue weighted by atomic mass is 16.7. The minimum Gasteiger partial charge on any atom is -0.492 e. The second-order valence-electron chi connectivity index (χ2n) is 5.97. The van der Waals surface area contributed by atoms with Gasteiger partial charge in [-0.25, -0.2) is 4.99 Å². The maximum absolute atomic E-state index is 5.94. The number of fused-ring (bicyclic) bond motifs is 2. The lowest BCUT2D eigenvalue weighted by atomic mass is 10.3. The number of aliphatic imine (C=N–C) groups is 1. The van der Waals surface area contributed by atoms with Crippen LogP contribution in [0.4, 0.5) is 5.69 Å². The van der Waals surface area contributed by atoms with Crippen molar-refractivity contribution in [3.63, 3.8) is 0 Å². The number of nitrogens with zero attached hydrogens (tertiary/aromatic N) is 1. The summed E-state index contributed by atoms with van der Waals surface area (Å²) in [6, 6.07) is 11.0.